The van der Waals surface area contributed by atoms with Gasteiger partial charge in [-0.2, -0.15) is 0 Å². The molecule has 0 spiro atoms. The highest BCUT2D eigenvalue weighted by Crippen LogP contribution is 2.16. The molecule has 3 rings (SSSR count). The highest BCUT2D eigenvalue weighted by atomic mass is 16.4. The van der Waals surface area contributed by atoms with Crippen LogP contribution in [0.4, 0.5) is 0 Å². The van der Waals surface area contributed by atoms with Crippen LogP contribution in [0.15, 0.2) is 23.5 Å². The third-order valence-electron chi connectivity index (χ3n) is 5.18. The van der Waals surface area contributed by atoms with Crippen molar-refractivity contribution in [2.24, 2.45) is 0 Å². The van der Waals surface area contributed by atoms with E-state index < -0.39 is 23.7 Å². The minimum Gasteiger partial charge on any atom is -0.477 e. The molecule has 3 saturated heterocycles. The summed E-state index contributed by atoms with van der Waals surface area (Å²) in [7, 11) is 0. The number of likely N-dealkylation sites (tertiary alicyclic amines) is 2. The Hall–Kier alpha value is -4.03. The summed E-state index contributed by atoms with van der Waals surface area (Å²) in [6, 6.07) is 0. The van der Waals surface area contributed by atoms with Crippen molar-refractivity contribution in [2.45, 2.75) is 73.1 Å². The van der Waals surface area contributed by atoms with Crippen LogP contribution in [0.1, 0.15) is 73.1 Å². The number of hydrogen-bond donors (Lipinski definition) is 4. The molecule has 0 bridgehead atoms. The van der Waals surface area contributed by atoms with Gasteiger partial charge in [-0.05, 0) is 33.1 Å². The van der Waals surface area contributed by atoms with Crippen LogP contribution in [-0.2, 0) is 33.6 Å². The molecule has 0 saturated carbocycles. The van der Waals surface area contributed by atoms with E-state index in [2.05, 4.69) is 5.32 Å². The number of ketones is 1. The third-order valence-corrected chi connectivity index (χ3v) is 5.18. The van der Waals surface area contributed by atoms with Crippen LogP contribution in [0.2, 0.25) is 0 Å². The number of amides is 3. The Morgan fingerprint density at radius 1 is 0.763 bits per heavy atom. The Bertz CT molecular complexity index is 880. The lowest BCUT2D eigenvalue weighted by Gasteiger charge is -2.14. The van der Waals surface area contributed by atoms with E-state index in [-0.39, 0.29) is 43.0 Å². The SMILES string of the molecule is C.C/C=C(/C(=O)O)N1CCCC1=O.C/C=C(/C(=O)O)N1CCCC1=O.CCC(=O)C(=O)O.O=C1CCCN1. The predicted octanol–water partition coefficient (Wildman–Crippen LogP) is 1.78. The highest BCUT2D eigenvalue weighted by Gasteiger charge is 2.27. The molecule has 0 aromatic carbocycles. The number of aliphatic carboxylic acids is 3. The number of rotatable bonds is 6. The van der Waals surface area contributed by atoms with E-state index in [1.807, 2.05) is 0 Å². The topological polar surface area (TPSA) is 199 Å². The first-order valence-electron chi connectivity index (χ1n) is 11.8. The lowest BCUT2D eigenvalue weighted by atomic mass is 10.3. The minimum atomic E-state index is -1.34. The average Bonchev–Trinajstić information content (AvgIpc) is 3.59. The largest absolute Gasteiger partial charge is 0.477 e. The first kappa shape index (κ1) is 36.1. The molecule has 13 heteroatoms. The highest BCUT2D eigenvalue weighted by molar-refractivity contribution is 6.32. The van der Waals surface area contributed by atoms with E-state index in [1.165, 1.54) is 28.9 Å². The summed E-state index contributed by atoms with van der Waals surface area (Å²) >= 11 is 0. The predicted molar refractivity (Wildman–Crippen MR) is 137 cm³/mol. The van der Waals surface area contributed by atoms with Crippen LogP contribution in [0, 0.1) is 0 Å². The van der Waals surface area contributed by atoms with E-state index in [0.29, 0.717) is 25.9 Å². The zero-order chi connectivity index (χ0) is 28.5. The van der Waals surface area contributed by atoms with Crippen LogP contribution in [0.25, 0.3) is 0 Å². The van der Waals surface area contributed by atoms with Crippen LogP contribution < -0.4 is 5.32 Å². The standard InChI is InChI=1S/2C8H11NO3.C4H7NO.C4H6O3.CH4/c2*1-2-6(8(11)12)9-5-3-4-7(9)10;6-4-2-1-3-5-4;1-2-3(5)4(6)7;/h2*2H,3-5H2,1H3,(H,11,12);1-3H2,(H,5,6);2H2,1H3,(H,6,7);1H4/b2*6-2-;;;. The molecule has 0 radical (unpaired) electrons. The van der Waals surface area contributed by atoms with Gasteiger partial charge in [0.15, 0.2) is 0 Å². The molecule has 38 heavy (non-hydrogen) atoms. The van der Waals surface area contributed by atoms with Gasteiger partial charge >= 0.3 is 17.9 Å². The second kappa shape index (κ2) is 19.1. The fourth-order valence-electron chi connectivity index (χ4n) is 3.31. The number of nitrogens with one attached hydrogen (secondary N) is 1. The van der Waals surface area contributed by atoms with Crippen LogP contribution in [0.5, 0.6) is 0 Å². The molecule has 4 N–H and O–H groups in total. The number of hydrogen-bond acceptors (Lipinski definition) is 7. The van der Waals surface area contributed by atoms with Crippen molar-refractivity contribution < 1.29 is 48.9 Å². The third kappa shape index (κ3) is 12.8. The van der Waals surface area contributed by atoms with E-state index in [4.69, 9.17) is 15.3 Å². The van der Waals surface area contributed by atoms with E-state index in [1.54, 1.807) is 13.8 Å². The van der Waals surface area contributed by atoms with Gasteiger partial charge in [0, 0.05) is 45.3 Å². The van der Waals surface area contributed by atoms with Gasteiger partial charge in [-0.15, -0.1) is 0 Å². The zero-order valence-electron chi connectivity index (χ0n) is 21.3. The van der Waals surface area contributed by atoms with Gasteiger partial charge in [0.25, 0.3) is 0 Å². The molecule has 3 amide bonds. The maximum absolute atomic E-state index is 11.1. The lowest BCUT2D eigenvalue weighted by Crippen LogP contribution is -2.28. The van der Waals surface area contributed by atoms with Crippen LogP contribution >= 0.6 is 0 Å². The minimum absolute atomic E-state index is 0. The summed E-state index contributed by atoms with van der Waals surface area (Å²) in [5.41, 5.74) is 0.190. The summed E-state index contributed by atoms with van der Waals surface area (Å²) < 4.78 is 0. The van der Waals surface area contributed by atoms with E-state index in [9.17, 15) is 33.6 Å². The Morgan fingerprint density at radius 2 is 1.18 bits per heavy atom. The molecule has 0 aliphatic carbocycles. The fourth-order valence-corrected chi connectivity index (χ4v) is 3.31. The van der Waals surface area contributed by atoms with Crippen molar-refractivity contribution in [3.05, 3.63) is 23.5 Å². The molecule has 3 aliphatic heterocycles. The fraction of sp³-hybridized carbons (Fsp3) is 0.560. The van der Waals surface area contributed by atoms with E-state index in [0.717, 1.165) is 32.2 Å². The summed E-state index contributed by atoms with van der Waals surface area (Å²) in [5.74, 6) is -4.13. The molecule has 0 unspecified atom stereocenters. The van der Waals surface area contributed by atoms with Crippen molar-refractivity contribution in [3.8, 4) is 0 Å². The number of Topliss-reactive ketones (excluding diaryl/α,β-unsaturated/α-hetero) is 1. The molecule has 0 aromatic rings. The zero-order valence-corrected chi connectivity index (χ0v) is 21.3. The molecule has 0 aromatic heterocycles. The van der Waals surface area contributed by atoms with Crippen molar-refractivity contribution in [3.63, 3.8) is 0 Å². The normalized spacial score (nSPS) is 16.6. The summed E-state index contributed by atoms with van der Waals surface area (Å²) in [6.45, 7) is 6.70. The molecule has 13 nitrogen and oxygen atoms in total. The number of allylic oxidation sites excluding steroid dienone is 2. The average molecular weight is 542 g/mol. The molecule has 3 aliphatic rings. The molecule has 0 atom stereocenters. The smallest absolute Gasteiger partial charge is 0.372 e. The summed E-state index contributed by atoms with van der Waals surface area (Å²) in [6.07, 6.45) is 7.17. The van der Waals surface area contributed by atoms with Crippen molar-refractivity contribution in [2.75, 3.05) is 19.6 Å². The van der Waals surface area contributed by atoms with Crippen LogP contribution in [0.3, 0.4) is 0 Å². The molecule has 3 fully saturated rings. The van der Waals surface area contributed by atoms with E-state index >= 15 is 0 Å². The second-order valence-corrected chi connectivity index (χ2v) is 7.79. The lowest BCUT2D eigenvalue weighted by molar-refractivity contribution is -0.148. The first-order valence-corrected chi connectivity index (χ1v) is 11.8. The number of carbonyl (C=O) groups is 7. The Kier molecular flexibility index (Phi) is 18.2. The maximum atomic E-state index is 11.1. The summed E-state index contributed by atoms with van der Waals surface area (Å²) in [5, 5.41) is 27.9. The molecule has 214 valence electrons. The van der Waals surface area contributed by atoms with Gasteiger partial charge < -0.3 is 30.4 Å². The van der Waals surface area contributed by atoms with Gasteiger partial charge in [-0.3, -0.25) is 19.2 Å². The molecular weight excluding hydrogens is 502 g/mol. The molecular formula is C25H39N3O10. The van der Waals surface area contributed by atoms with Crippen molar-refractivity contribution in [1.29, 1.82) is 0 Å². The number of nitrogens with zero attached hydrogens (tertiary/aromatic N) is 2. The summed E-state index contributed by atoms with van der Waals surface area (Å²) in [4.78, 5) is 75.7. The Labute approximate surface area is 222 Å². The number of carboxylic acid groups (broad SMARTS) is 3. The molecule has 3 heterocycles. The second-order valence-electron chi connectivity index (χ2n) is 7.79. The van der Waals surface area contributed by atoms with Crippen molar-refractivity contribution >= 4 is 41.4 Å². The number of carbonyl (C=O) groups excluding carboxylic acids is 4. The quantitative estimate of drug-likeness (QED) is 0.284. The van der Waals surface area contributed by atoms with Gasteiger partial charge in [0.2, 0.25) is 23.5 Å². The first-order chi connectivity index (χ1) is 17.4. The van der Waals surface area contributed by atoms with Crippen LogP contribution in [-0.4, -0.2) is 86.2 Å². The Balaban J connectivity index is 0. The number of carboxylic acids is 3. The van der Waals surface area contributed by atoms with Gasteiger partial charge in [0.1, 0.15) is 11.4 Å². The van der Waals surface area contributed by atoms with Gasteiger partial charge in [-0.1, -0.05) is 26.5 Å². The Morgan fingerprint density at radius 3 is 1.32 bits per heavy atom. The van der Waals surface area contributed by atoms with Crippen molar-refractivity contribution in [1.82, 2.24) is 15.1 Å². The van der Waals surface area contributed by atoms with Gasteiger partial charge in [-0.25, -0.2) is 14.4 Å². The monoisotopic (exact) mass is 541 g/mol. The maximum Gasteiger partial charge on any atom is 0.372 e. The van der Waals surface area contributed by atoms with Gasteiger partial charge in [0.05, 0.1) is 0 Å².